The molecule has 1 aromatic rings. The van der Waals surface area contributed by atoms with Crippen LogP contribution in [0.15, 0.2) is 30.3 Å². The Labute approximate surface area is 82.6 Å². The molecular weight excluding hydrogens is 221 g/mol. The van der Waals surface area contributed by atoms with Crippen molar-refractivity contribution in [1.29, 1.82) is 0 Å². The van der Waals surface area contributed by atoms with Gasteiger partial charge >= 0.3 is 0 Å². The van der Waals surface area contributed by atoms with Crippen LogP contribution in [0.25, 0.3) is 0 Å². The second-order valence-corrected chi connectivity index (χ2v) is 6.83. The number of rotatable bonds is 0. The molecule has 0 saturated heterocycles. The minimum atomic E-state index is -1.20. The van der Waals surface area contributed by atoms with Crippen LogP contribution in [0.1, 0.15) is 5.56 Å². The van der Waals surface area contributed by atoms with E-state index >= 15 is 0 Å². The SMILES string of the molecule is Cc1ccccc1.ClP(Cl)Cl. The van der Waals surface area contributed by atoms with E-state index in [9.17, 15) is 0 Å². The van der Waals surface area contributed by atoms with E-state index in [-0.39, 0.29) is 0 Å². The van der Waals surface area contributed by atoms with Crippen LogP contribution >= 0.6 is 39.7 Å². The Bertz CT molecular complexity index is 174. The number of halogens is 3. The molecule has 0 bridgehead atoms. The first-order valence-electron chi connectivity index (χ1n) is 2.92. The lowest BCUT2D eigenvalue weighted by atomic mass is 10.2. The van der Waals surface area contributed by atoms with Crippen LogP contribution in [0.5, 0.6) is 0 Å². The van der Waals surface area contributed by atoms with Crippen molar-refractivity contribution in [2.45, 2.75) is 6.92 Å². The molecule has 0 saturated carbocycles. The van der Waals surface area contributed by atoms with Crippen LogP contribution in [-0.4, -0.2) is 0 Å². The summed E-state index contributed by atoms with van der Waals surface area (Å²) in [6.07, 6.45) is 0. The molecule has 0 fully saturated rings. The average Bonchev–Trinajstić information content (AvgIpc) is 1.87. The van der Waals surface area contributed by atoms with Crippen molar-refractivity contribution in [2.24, 2.45) is 0 Å². The summed E-state index contributed by atoms with van der Waals surface area (Å²) in [6, 6.07) is 10.3. The monoisotopic (exact) mass is 228 g/mol. The van der Waals surface area contributed by atoms with Crippen LogP contribution in [0.3, 0.4) is 0 Å². The Morgan fingerprint density at radius 1 is 1.00 bits per heavy atom. The van der Waals surface area contributed by atoms with Gasteiger partial charge in [-0.3, -0.25) is 0 Å². The van der Waals surface area contributed by atoms with Gasteiger partial charge in [0.1, 0.15) is 0 Å². The Morgan fingerprint density at radius 2 is 1.36 bits per heavy atom. The quantitative estimate of drug-likeness (QED) is 0.554. The zero-order valence-corrected chi connectivity index (χ0v) is 9.13. The molecule has 0 nitrogen and oxygen atoms in total. The summed E-state index contributed by atoms with van der Waals surface area (Å²) in [7, 11) is 0. The fraction of sp³-hybridized carbons (Fsp3) is 0.143. The molecule has 0 unspecified atom stereocenters. The molecule has 0 atom stereocenters. The molecular formula is C7H8Cl3P. The van der Waals surface area contributed by atoms with E-state index in [1.165, 1.54) is 5.56 Å². The van der Waals surface area contributed by atoms with Gasteiger partial charge in [-0.2, -0.15) is 0 Å². The highest BCUT2D eigenvalue weighted by atomic mass is 36.0. The topological polar surface area (TPSA) is 0 Å². The van der Waals surface area contributed by atoms with Crippen molar-refractivity contribution in [2.75, 3.05) is 0 Å². The highest BCUT2D eigenvalue weighted by Gasteiger charge is 1.80. The number of hydrogen-bond donors (Lipinski definition) is 0. The normalized spacial score (nSPS) is 8.82. The van der Waals surface area contributed by atoms with Crippen LogP contribution in [0.2, 0.25) is 0 Å². The number of aryl methyl sites for hydroxylation is 1. The lowest BCUT2D eigenvalue weighted by molar-refractivity contribution is 1.48. The fourth-order valence-corrected chi connectivity index (χ4v) is 0.534. The van der Waals surface area contributed by atoms with E-state index in [0.717, 1.165) is 0 Å². The molecule has 0 aliphatic rings. The molecule has 0 aliphatic carbocycles. The highest BCUT2D eigenvalue weighted by Crippen LogP contribution is 2.51. The summed E-state index contributed by atoms with van der Waals surface area (Å²) in [5.41, 5.74) is 1.32. The van der Waals surface area contributed by atoms with E-state index in [1.54, 1.807) is 0 Å². The second-order valence-electron chi connectivity index (χ2n) is 1.85. The molecule has 4 heteroatoms. The van der Waals surface area contributed by atoms with Gasteiger partial charge in [0.05, 0.1) is 0 Å². The summed E-state index contributed by atoms with van der Waals surface area (Å²) in [5, 5.41) is 0. The summed E-state index contributed by atoms with van der Waals surface area (Å²) in [6.45, 7) is 2.08. The lowest BCUT2D eigenvalue weighted by Gasteiger charge is -1.82. The van der Waals surface area contributed by atoms with Gasteiger partial charge in [-0.1, -0.05) is 69.6 Å². The minimum Gasteiger partial charge on any atom is -0.0622 e. The molecule has 11 heavy (non-hydrogen) atoms. The Balaban J connectivity index is 0.000000218. The number of benzene rings is 1. The van der Waals surface area contributed by atoms with Gasteiger partial charge in [0.15, 0.2) is 5.98 Å². The maximum absolute atomic E-state index is 4.87. The van der Waals surface area contributed by atoms with Crippen LogP contribution < -0.4 is 0 Å². The smallest absolute Gasteiger partial charge is 0.0622 e. The Kier molecular flexibility index (Phi) is 7.52. The van der Waals surface area contributed by atoms with Crippen molar-refractivity contribution >= 4 is 39.7 Å². The third-order valence-corrected chi connectivity index (χ3v) is 0.940. The van der Waals surface area contributed by atoms with Gasteiger partial charge in [0, 0.05) is 0 Å². The Hall–Kier alpha value is 0.520. The van der Waals surface area contributed by atoms with Crippen LogP contribution in [0.4, 0.5) is 0 Å². The molecule has 0 amide bonds. The predicted octanol–water partition coefficient (Wildman–Crippen LogP) is 4.92. The van der Waals surface area contributed by atoms with Gasteiger partial charge in [-0.25, -0.2) is 0 Å². The first-order valence-corrected chi connectivity index (χ1v) is 6.97. The summed E-state index contributed by atoms with van der Waals surface area (Å²) in [5.74, 6) is -1.20. The van der Waals surface area contributed by atoms with Gasteiger partial charge in [0.2, 0.25) is 0 Å². The molecule has 1 rings (SSSR count). The van der Waals surface area contributed by atoms with Gasteiger partial charge < -0.3 is 0 Å². The van der Waals surface area contributed by atoms with E-state index in [1.807, 2.05) is 18.2 Å². The van der Waals surface area contributed by atoms with Crippen molar-refractivity contribution in [3.63, 3.8) is 0 Å². The zero-order valence-electron chi connectivity index (χ0n) is 5.97. The number of hydrogen-bond acceptors (Lipinski definition) is 0. The first kappa shape index (κ1) is 11.5. The van der Waals surface area contributed by atoms with E-state index < -0.39 is 5.98 Å². The van der Waals surface area contributed by atoms with Gasteiger partial charge in [-0.05, 0) is 6.92 Å². The molecule has 0 aromatic heterocycles. The molecule has 0 radical (unpaired) electrons. The third-order valence-electron chi connectivity index (χ3n) is 0.940. The summed E-state index contributed by atoms with van der Waals surface area (Å²) in [4.78, 5) is 0. The third kappa shape index (κ3) is 10.5. The lowest BCUT2D eigenvalue weighted by Crippen LogP contribution is -1.62. The van der Waals surface area contributed by atoms with Crippen LogP contribution in [-0.2, 0) is 0 Å². The summed E-state index contributed by atoms with van der Waals surface area (Å²) >= 11 is 14.6. The largest absolute Gasteiger partial charge is 0.179 e. The fourth-order valence-electron chi connectivity index (χ4n) is 0.534. The van der Waals surface area contributed by atoms with Crippen LogP contribution in [0, 0.1) is 6.92 Å². The molecule has 62 valence electrons. The maximum Gasteiger partial charge on any atom is 0.179 e. The second kappa shape index (κ2) is 7.18. The minimum absolute atomic E-state index is 1.20. The first-order chi connectivity index (χ1) is 5.13. The maximum atomic E-state index is 4.87. The van der Waals surface area contributed by atoms with Gasteiger partial charge in [0.25, 0.3) is 0 Å². The highest BCUT2D eigenvalue weighted by molar-refractivity contribution is 8.20. The van der Waals surface area contributed by atoms with Crippen molar-refractivity contribution < 1.29 is 0 Å². The Morgan fingerprint density at radius 3 is 1.55 bits per heavy atom. The molecule has 0 aliphatic heterocycles. The van der Waals surface area contributed by atoms with Crippen molar-refractivity contribution in [1.82, 2.24) is 0 Å². The average molecular weight is 229 g/mol. The van der Waals surface area contributed by atoms with Crippen molar-refractivity contribution in [3.8, 4) is 0 Å². The summed E-state index contributed by atoms with van der Waals surface area (Å²) < 4.78 is 0. The zero-order chi connectivity index (χ0) is 8.69. The van der Waals surface area contributed by atoms with E-state index in [2.05, 4.69) is 19.1 Å². The molecule has 0 heterocycles. The standard InChI is InChI=1S/C7H8.Cl3P/c1-7-5-3-2-4-6-7;1-4(2)3/h2-6H,1H3;. The molecule has 1 aromatic carbocycles. The molecule has 0 N–H and O–H groups in total. The van der Waals surface area contributed by atoms with Gasteiger partial charge in [-0.15, -0.1) is 0 Å². The predicted molar refractivity (Wildman–Crippen MR) is 55.7 cm³/mol. The molecule has 0 spiro atoms. The van der Waals surface area contributed by atoms with Crippen molar-refractivity contribution in [3.05, 3.63) is 35.9 Å². The van der Waals surface area contributed by atoms with E-state index in [4.69, 9.17) is 33.7 Å². The van der Waals surface area contributed by atoms with E-state index in [0.29, 0.717) is 0 Å².